The maximum Gasteiger partial charge on any atom is 0.313 e. The second kappa shape index (κ2) is 9.16. The topological polar surface area (TPSA) is 74.3 Å². The van der Waals surface area contributed by atoms with Gasteiger partial charge >= 0.3 is 11.8 Å². The van der Waals surface area contributed by atoms with E-state index in [1.54, 1.807) is 6.07 Å². The van der Waals surface area contributed by atoms with E-state index >= 15 is 0 Å². The van der Waals surface area contributed by atoms with E-state index < -0.39 is 11.8 Å². The average molecular weight is 427 g/mol. The summed E-state index contributed by atoms with van der Waals surface area (Å²) >= 11 is 0. The third-order valence-electron chi connectivity index (χ3n) is 5.56. The van der Waals surface area contributed by atoms with Crippen molar-refractivity contribution >= 4 is 39.2 Å². The highest BCUT2D eigenvalue weighted by Crippen LogP contribution is 2.27. The molecule has 0 fully saturated rings. The summed E-state index contributed by atoms with van der Waals surface area (Å²) in [7, 11) is 3.93. The minimum atomic E-state index is -0.698. The van der Waals surface area contributed by atoms with Crippen molar-refractivity contribution in [1.82, 2.24) is 15.2 Å². The van der Waals surface area contributed by atoms with E-state index in [0.717, 1.165) is 32.9 Å². The number of aromatic nitrogens is 1. The molecule has 0 saturated carbocycles. The average Bonchev–Trinajstić information content (AvgIpc) is 2.78. The fourth-order valence-electron chi connectivity index (χ4n) is 3.97. The highest BCUT2D eigenvalue weighted by Gasteiger charge is 2.21. The predicted octanol–water partition coefficient (Wildman–Crippen LogP) is 4.05. The number of rotatable bonds is 5. The molecule has 162 valence electrons. The summed E-state index contributed by atoms with van der Waals surface area (Å²) in [6.07, 6.45) is 0. The maximum absolute atomic E-state index is 12.6. The number of para-hydroxylation sites is 1. The molecule has 0 bridgehead atoms. The van der Waals surface area contributed by atoms with Gasteiger partial charge in [0.15, 0.2) is 0 Å². The number of pyridine rings is 1. The number of nitrogens with one attached hydrogen (secondary N) is 2. The first kappa shape index (κ1) is 21.5. The fraction of sp³-hybridized carbons (Fsp3) is 0.192. The molecule has 6 nitrogen and oxygen atoms in total. The zero-order valence-electron chi connectivity index (χ0n) is 18.4. The van der Waals surface area contributed by atoms with Gasteiger partial charge in [-0.2, -0.15) is 0 Å². The Hall–Kier alpha value is -3.77. The Kier molecular flexibility index (Phi) is 6.14. The second-order valence-corrected chi connectivity index (χ2v) is 8.04. The number of nitrogens with zero attached hydrogens (tertiary/aromatic N) is 2. The van der Waals surface area contributed by atoms with Gasteiger partial charge in [0.05, 0.1) is 17.2 Å². The largest absolute Gasteiger partial charge is 0.346 e. The van der Waals surface area contributed by atoms with Crippen LogP contribution in [0.4, 0.5) is 5.69 Å². The molecular weight excluding hydrogens is 400 g/mol. The van der Waals surface area contributed by atoms with Crippen molar-refractivity contribution < 1.29 is 9.59 Å². The van der Waals surface area contributed by atoms with Gasteiger partial charge in [0, 0.05) is 17.6 Å². The molecule has 0 unspecified atom stereocenters. The molecule has 1 heterocycles. The van der Waals surface area contributed by atoms with Crippen LogP contribution < -0.4 is 10.6 Å². The normalized spacial score (nSPS) is 12.1. The third kappa shape index (κ3) is 4.45. The molecule has 0 saturated heterocycles. The van der Waals surface area contributed by atoms with Crippen molar-refractivity contribution in [2.24, 2.45) is 0 Å². The van der Waals surface area contributed by atoms with E-state index in [9.17, 15) is 9.59 Å². The van der Waals surface area contributed by atoms with E-state index in [-0.39, 0.29) is 6.04 Å². The number of amides is 2. The first-order valence-electron chi connectivity index (χ1n) is 10.5. The van der Waals surface area contributed by atoms with Gasteiger partial charge in [-0.1, -0.05) is 60.7 Å². The van der Waals surface area contributed by atoms with Crippen molar-refractivity contribution in [3.63, 3.8) is 0 Å². The van der Waals surface area contributed by atoms with Crippen molar-refractivity contribution in [3.8, 4) is 0 Å². The number of benzene rings is 3. The van der Waals surface area contributed by atoms with E-state index in [1.165, 1.54) is 0 Å². The molecule has 2 N–H and O–H groups in total. The lowest BCUT2D eigenvalue weighted by atomic mass is 9.98. The smallest absolute Gasteiger partial charge is 0.313 e. The summed E-state index contributed by atoms with van der Waals surface area (Å²) in [5, 5.41) is 8.61. The van der Waals surface area contributed by atoms with Crippen LogP contribution in [0.3, 0.4) is 0 Å². The van der Waals surface area contributed by atoms with Crippen LogP contribution in [0.1, 0.15) is 17.3 Å². The lowest BCUT2D eigenvalue weighted by molar-refractivity contribution is -0.136. The van der Waals surface area contributed by atoms with Crippen molar-refractivity contribution in [1.29, 1.82) is 0 Å². The lowest BCUT2D eigenvalue weighted by Gasteiger charge is -2.26. The van der Waals surface area contributed by atoms with Gasteiger partial charge in [-0.25, -0.2) is 0 Å². The van der Waals surface area contributed by atoms with E-state index in [1.807, 2.05) is 68.4 Å². The van der Waals surface area contributed by atoms with Gasteiger partial charge in [-0.05, 0) is 49.5 Å². The molecule has 0 aliphatic heterocycles. The van der Waals surface area contributed by atoms with Gasteiger partial charge < -0.3 is 15.5 Å². The van der Waals surface area contributed by atoms with Crippen LogP contribution >= 0.6 is 0 Å². The van der Waals surface area contributed by atoms with Gasteiger partial charge in [0.25, 0.3) is 0 Å². The van der Waals surface area contributed by atoms with Crippen LogP contribution in [0.5, 0.6) is 0 Å². The van der Waals surface area contributed by atoms with Gasteiger partial charge in [0.2, 0.25) is 0 Å². The Labute approximate surface area is 187 Å². The number of aryl methyl sites for hydroxylation is 1. The Bertz CT molecular complexity index is 1290. The Morgan fingerprint density at radius 1 is 0.906 bits per heavy atom. The quantitative estimate of drug-likeness (QED) is 0.472. The van der Waals surface area contributed by atoms with Gasteiger partial charge in [0.1, 0.15) is 0 Å². The van der Waals surface area contributed by atoms with E-state index in [4.69, 9.17) is 0 Å². The zero-order chi connectivity index (χ0) is 22.7. The number of anilines is 1. The second-order valence-electron chi connectivity index (χ2n) is 8.04. The minimum Gasteiger partial charge on any atom is -0.346 e. The summed E-state index contributed by atoms with van der Waals surface area (Å²) < 4.78 is 0. The van der Waals surface area contributed by atoms with Crippen LogP contribution in [0, 0.1) is 6.92 Å². The van der Waals surface area contributed by atoms with Gasteiger partial charge in [-0.3, -0.25) is 14.6 Å². The SMILES string of the molecule is Cc1cc(NC(=O)C(=O)NC[C@@H](c2cccc3ccccc23)N(C)C)c2ccccc2n1. The summed E-state index contributed by atoms with van der Waals surface area (Å²) in [5.41, 5.74) is 3.21. The number of hydrogen-bond donors (Lipinski definition) is 2. The van der Waals surface area contributed by atoms with Crippen LogP contribution in [0.25, 0.3) is 21.7 Å². The first-order chi connectivity index (χ1) is 15.4. The molecule has 2 amide bonds. The van der Waals surface area contributed by atoms with Gasteiger partial charge in [-0.15, -0.1) is 0 Å². The number of carbonyl (C=O) groups is 2. The first-order valence-corrected chi connectivity index (χ1v) is 10.5. The predicted molar refractivity (Wildman–Crippen MR) is 128 cm³/mol. The molecule has 0 radical (unpaired) electrons. The van der Waals surface area contributed by atoms with Crippen molar-refractivity contribution in [2.75, 3.05) is 26.0 Å². The molecule has 1 atom stereocenters. The van der Waals surface area contributed by atoms with Crippen LogP contribution in [0.15, 0.2) is 72.8 Å². The maximum atomic E-state index is 12.6. The number of likely N-dealkylation sites (N-methyl/N-ethyl adjacent to an activating group) is 1. The molecule has 3 aromatic carbocycles. The fourth-order valence-corrected chi connectivity index (χ4v) is 3.97. The Morgan fingerprint density at radius 2 is 1.59 bits per heavy atom. The number of fused-ring (bicyclic) bond motifs is 2. The van der Waals surface area contributed by atoms with Crippen LogP contribution in [-0.4, -0.2) is 42.3 Å². The van der Waals surface area contributed by atoms with Crippen molar-refractivity contribution in [3.05, 3.63) is 84.1 Å². The standard InChI is InChI=1S/C26H26N4O2/c1-17-15-23(21-12-6-7-14-22(21)28-17)29-26(32)25(31)27-16-24(30(2)3)20-13-8-10-18-9-4-5-11-19(18)20/h4-15,24H,16H2,1-3H3,(H,27,31)(H,28,29,32)/t24-/m0/s1. The Balaban J connectivity index is 1.50. The molecular formula is C26H26N4O2. The minimum absolute atomic E-state index is 0.0816. The molecule has 0 spiro atoms. The number of carbonyl (C=O) groups excluding carboxylic acids is 2. The highest BCUT2D eigenvalue weighted by molar-refractivity contribution is 6.40. The molecule has 4 aromatic rings. The van der Waals surface area contributed by atoms with E-state index in [0.29, 0.717) is 12.2 Å². The third-order valence-corrected chi connectivity index (χ3v) is 5.56. The molecule has 0 aliphatic rings. The highest BCUT2D eigenvalue weighted by atomic mass is 16.2. The zero-order valence-corrected chi connectivity index (χ0v) is 18.4. The monoisotopic (exact) mass is 426 g/mol. The molecule has 1 aromatic heterocycles. The molecule has 32 heavy (non-hydrogen) atoms. The summed E-state index contributed by atoms with van der Waals surface area (Å²) in [6.45, 7) is 2.16. The van der Waals surface area contributed by atoms with Crippen LogP contribution in [0.2, 0.25) is 0 Å². The van der Waals surface area contributed by atoms with Crippen molar-refractivity contribution in [2.45, 2.75) is 13.0 Å². The van der Waals surface area contributed by atoms with Crippen LogP contribution in [-0.2, 0) is 9.59 Å². The molecule has 4 rings (SSSR count). The molecule has 6 heteroatoms. The number of hydrogen-bond acceptors (Lipinski definition) is 4. The Morgan fingerprint density at radius 3 is 2.38 bits per heavy atom. The summed E-state index contributed by atoms with van der Waals surface area (Å²) in [6, 6.07) is 23.5. The summed E-state index contributed by atoms with van der Waals surface area (Å²) in [4.78, 5) is 31.8. The molecule has 0 aliphatic carbocycles. The lowest BCUT2D eigenvalue weighted by Crippen LogP contribution is -2.40. The van der Waals surface area contributed by atoms with E-state index in [2.05, 4.69) is 39.9 Å². The summed E-state index contributed by atoms with van der Waals surface area (Å²) in [5.74, 6) is -1.37.